The lowest BCUT2D eigenvalue weighted by Gasteiger charge is -2.15. The van der Waals surface area contributed by atoms with Crippen LogP contribution in [0.1, 0.15) is 19.8 Å². The quantitative estimate of drug-likeness (QED) is 0.545. The predicted octanol–water partition coefficient (Wildman–Crippen LogP) is 0.990. The van der Waals surface area contributed by atoms with Crippen molar-refractivity contribution in [2.75, 3.05) is 6.61 Å². The molecular weight excluding hydrogens is 130 g/mol. The molecule has 1 amide bonds. The summed E-state index contributed by atoms with van der Waals surface area (Å²) in [7, 11) is 0. The largest absolute Gasteiger partial charge is 0.447 e. The highest BCUT2D eigenvalue weighted by Crippen LogP contribution is 2.31. The van der Waals surface area contributed by atoms with Crippen molar-refractivity contribution in [2.24, 2.45) is 0 Å². The van der Waals surface area contributed by atoms with Gasteiger partial charge in [0.25, 0.3) is 0 Å². The van der Waals surface area contributed by atoms with Gasteiger partial charge in [-0.3, -0.25) is 4.90 Å². The average Bonchev–Trinajstić information content (AvgIpc) is 2.64. The molecule has 0 aromatic rings. The van der Waals surface area contributed by atoms with Crippen LogP contribution in [0.2, 0.25) is 0 Å². The molecule has 0 aromatic carbocycles. The number of amides is 1. The summed E-state index contributed by atoms with van der Waals surface area (Å²) in [4.78, 5) is 12.8. The maximum Gasteiger partial charge on any atom is 0.410 e. The van der Waals surface area contributed by atoms with Crippen molar-refractivity contribution >= 4 is 6.09 Å². The van der Waals surface area contributed by atoms with Gasteiger partial charge in [0.1, 0.15) is 6.61 Å². The van der Waals surface area contributed by atoms with Crippen molar-refractivity contribution in [3.8, 4) is 0 Å². The van der Waals surface area contributed by atoms with Gasteiger partial charge in [-0.25, -0.2) is 4.79 Å². The van der Waals surface area contributed by atoms with E-state index in [9.17, 15) is 4.79 Å². The monoisotopic (exact) mass is 141 g/mol. The Bertz CT molecular complexity index is 165. The van der Waals surface area contributed by atoms with E-state index >= 15 is 0 Å². The molecule has 0 radical (unpaired) electrons. The van der Waals surface area contributed by atoms with E-state index in [1.54, 1.807) is 0 Å². The van der Waals surface area contributed by atoms with Gasteiger partial charge in [0.15, 0.2) is 0 Å². The van der Waals surface area contributed by atoms with E-state index in [-0.39, 0.29) is 6.09 Å². The topological polar surface area (TPSA) is 29.5 Å². The number of ether oxygens (including phenoxy) is 1. The van der Waals surface area contributed by atoms with E-state index in [0.717, 1.165) is 0 Å². The Hall–Kier alpha value is -0.730. The lowest BCUT2D eigenvalue weighted by atomic mass is 10.3. The second-order valence-corrected chi connectivity index (χ2v) is 3.06. The van der Waals surface area contributed by atoms with Crippen molar-refractivity contribution in [3.05, 3.63) is 0 Å². The molecule has 1 heterocycles. The minimum atomic E-state index is -0.116. The molecule has 0 N–H and O–H groups in total. The van der Waals surface area contributed by atoms with Crippen LogP contribution in [0.5, 0.6) is 0 Å². The summed E-state index contributed by atoms with van der Waals surface area (Å²) < 4.78 is 4.87. The Balaban J connectivity index is 2.08. The van der Waals surface area contributed by atoms with Gasteiger partial charge in [0.2, 0.25) is 0 Å². The molecule has 1 unspecified atom stereocenters. The van der Waals surface area contributed by atoms with Crippen molar-refractivity contribution in [2.45, 2.75) is 31.8 Å². The molecule has 1 aliphatic carbocycles. The zero-order valence-corrected chi connectivity index (χ0v) is 6.04. The van der Waals surface area contributed by atoms with Crippen molar-refractivity contribution in [1.29, 1.82) is 0 Å². The number of hydrogen-bond donors (Lipinski definition) is 0. The highest BCUT2D eigenvalue weighted by Gasteiger charge is 2.40. The number of cyclic esters (lactones) is 1. The maximum atomic E-state index is 11.0. The van der Waals surface area contributed by atoms with E-state index in [2.05, 4.69) is 0 Å². The van der Waals surface area contributed by atoms with Gasteiger partial charge in [-0.2, -0.15) is 0 Å². The van der Waals surface area contributed by atoms with Crippen LogP contribution in [-0.4, -0.2) is 29.7 Å². The number of rotatable bonds is 1. The highest BCUT2D eigenvalue weighted by molar-refractivity contribution is 5.70. The zero-order chi connectivity index (χ0) is 7.14. The summed E-state index contributed by atoms with van der Waals surface area (Å²) in [5, 5.41) is 0. The minimum absolute atomic E-state index is 0.116. The first-order chi connectivity index (χ1) is 4.79. The predicted molar refractivity (Wildman–Crippen MR) is 35.7 cm³/mol. The molecule has 10 heavy (non-hydrogen) atoms. The first kappa shape index (κ1) is 6.01. The molecule has 2 aliphatic rings. The number of carbonyl (C=O) groups is 1. The van der Waals surface area contributed by atoms with Crippen LogP contribution in [0.15, 0.2) is 0 Å². The Morgan fingerprint density at radius 1 is 1.60 bits per heavy atom. The molecule has 0 aromatic heterocycles. The van der Waals surface area contributed by atoms with Crippen LogP contribution in [0.3, 0.4) is 0 Å². The van der Waals surface area contributed by atoms with Gasteiger partial charge in [0.05, 0.1) is 6.04 Å². The van der Waals surface area contributed by atoms with E-state index in [1.165, 1.54) is 12.8 Å². The summed E-state index contributed by atoms with van der Waals surface area (Å²) in [5.74, 6) is 0. The third-order valence-corrected chi connectivity index (χ3v) is 2.07. The van der Waals surface area contributed by atoms with Crippen molar-refractivity contribution in [3.63, 3.8) is 0 Å². The Labute approximate surface area is 60.0 Å². The third-order valence-electron chi connectivity index (χ3n) is 2.07. The standard InChI is InChI=1S/C7H11NO2/c1-5-4-10-7(9)8(5)6-2-3-6/h5-6H,2-4H2,1H3. The lowest BCUT2D eigenvalue weighted by molar-refractivity contribution is 0.156. The Kier molecular flexibility index (Phi) is 1.13. The molecular formula is C7H11NO2. The third kappa shape index (κ3) is 0.770. The van der Waals surface area contributed by atoms with Crippen LogP contribution in [-0.2, 0) is 4.74 Å². The molecule has 2 fully saturated rings. The maximum absolute atomic E-state index is 11.0. The molecule has 3 nitrogen and oxygen atoms in total. The summed E-state index contributed by atoms with van der Waals surface area (Å²) in [6.07, 6.45) is 2.22. The SMILES string of the molecule is CC1COC(=O)N1C1CC1. The van der Waals surface area contributed by atoms with Gasteiger partial charge < -0.3 is 4.74 Å². The number of hydrogen-bond acceptors (Lipinski definition) is 2. The fourth-order valence-corrected chi connectivity index (χ4v) is 1.39. The van der Waals surface area contributed by atoms with Crippen LogP contribution in [0, 0.1) is 0 Å². The van der Waals surface area contributed by atoms with Gasteiger partial charge in [-0.05, 0) is 19.8 Å². The summed E-state index contributed by atoms with van der Waals surface area (Å²) in [6, 6.07) is 0.810. The van der Waals surface area contributed by atoms with Gasteiger partial charge in [0, 0.05) is 6.04 Å². The Morgan fingerprint density at radius 3 is 2.70 bits per heavy atom. The van der Waals surface area contributed by atoms with Crippen molar-refractivity contribution in [1.82, 2.24) is 4.90 Å². The normalized spacial score (nSPS) is 32.7. The van der Waals surface area contributed by atoms with Crippen LogP contribution < -0.4 is 0 Å². The fourth-order valence-electron chi connectivity index (χ4n) is 1.39. The first-order valence-corrected chi connectivity index (χ1v) is 3.74. The molecule has 1 saturated carbocycles. The van der Waals surface area contributed by atoms with E-state index in [0.29, 0.717) is 18.7 Å². The second-order valence-electron chi connectivity index (χ2n) is 3.06. The number of carbonyl (C=O) groups excluding carboxylic acids is 1. The molecule has 0 bridgehead atoms. The van der Waals surface area contributed by atoms with Gasteiger partial charge in [-0.1, -0.05) is 0 Å². The smallest absolute Gasteiger partial charge is 0.410 e. The van der Waals surface area contributed by atoms with Gasteiger partial charge in [-0.15, -0.1) is 0 Å². The molecule has 1 aliphatic heterocycles. The van der Waals surface area contributed by atoms with Crippen LogP contribution >= 0.6 is 0 Å². The fraction of sp³-hybridized carbons (Fsp3) is 0.857. The number of nitrogens with zero attached hydrogens (tertiary/aromatic N) is 1. The summed E-state index contributed by atoms with van der Waals surface area (Å²) in [6.45, 7) is 2.61. The molecule has 0 spiro atoms. The van der Waals surface area contributed by atoms with Crippen molar-refractivity contribution < 1.29 is 9.53 Å². The van der Waals surface area contributed by atoms with E-state index < -0.39 is 0 Å². The second kappa shape index (κ2) is 1.87. The minimum Gasteiger partial charge on any atom is -0.447 e. The van der Waals surface area contributed by atoms with E-state index in [4.69, 9.17) is 4.74 Å². The molecule has 1 saturated heterocycles. The summed E-state index contributed by atoms with van der Waals surface area (Å²) in [5.41, 5.74) is 0. The lowest BCUT2D eigenvalue weighted by Crippen LogP contribution is -2.33. The Morgan fingerprint density at radius 2 is 2.30 bits per heavy atom. The van der Waals surface area contributed by atoms with E-state index in [1.807, 2.05) is 11.8 Å². The zero-order valence-electron chi connectivity index (χ0n) is 6.04. The first-order valence-electron chi connectivity index (χ1n) is 3.74. The van der Waals surface area contributed by atoms with Crippen LogP contribution in [0.25, 0.3) is 0 Å². The highest BCUT2D eigenvalue weighted by atomic mass is 16.6. The average molecular weight is 141 g/mol. The molecule has 56 valence electrons. The molecule has 3 heteroatoms. The van der Waals surface area contributed by atoms with Gasteiger partial charge >= 0.3 is 6.09 Å². The van der Waals surface area contributed by atoms with Crippen LogP contribution in [0.4, 0.5) is 4.79 Å². The summed E-state index contributed by atoms with van der Waals surface area (Å²) >= 11 is 0. The molecule has 1 atom stereocenters. The molecule has 2 rings (SSSR count).